The largest absolute Gasteiger partial charge is 0.456 e. The van der Waals surface area contributed by atoms with Crippen LogP contribution in [-0.4, -0.2) is 35.9 Å². The molecule has 33 heavy (non-hydrogen) atoms. The molecule has 2 amide bonds. The van der Waals surface area contributed by atoms with Crippen molar-refractivity contribution in [2.75, 3.05) is 18.5 Å². The third-order valence-electron chi connectivity index (χ3n) is 4.44. The van der Waals surface area contributed by atoms with Gasteiger partial charge in [0.1, 0.15) is 11.6 Å². The summed E-state index contributed by atoms with van der Waals surface area (Å²) in [5.74, 6) is -3.56. The van der Waals surface area contributed by atoms with Crippen molar-refractivity contribution in [3.63, 3.8) is 0 Å². The summed E-state index contributed by atoms with van der Waals surface area (Å²) in [7, 11) is 0. The predicted octanol–water partition coefficient (Wildman–Crippen LogP) is 4.09. The molecule has 0 aliphatic carbocycles. The Morgan fingerprint density at radius 1 is 1.12 bits per heavy atom. The van der Waals surface area contributed by atoms with Gasteiger partial charge in [-0.15, -0.1) is 11.3 Å². The summed E-state index contributed by atoms with van der Waals surface area (Å²) in [4.78, 5) is 40.2. The SMILES string of the molecule is Cc1nc(-c2cccc(NC(=O)COC(=O)CCCNC(=O)c3ccc(F)cc3F)c2)cs1. The standard InChI is InChI=1S/C23H21F2N3O4S/c1-14-27-20(13-33-14)15-4-2-5-17(10-15)28-21(29)12-32-22(30)6-3-9-26-23(31)18-8-7-16(24)11-19(18)25/h2,4-5,7-8,10-11,13H,3,6,9,12H2,1H3,(H,26,31)(H,28,29). The molecule has 0 unspecified atom stereocenters. The Bertz CT molecular complexity index is 1170. The number of esters is 1. The molecule has 0 radical (unpaired) electrons. The van der Waals surface area contributed by atoms with Crippen molar-refractivity contribution in [2.24, 2.45) is 0 Å². The zero-order valence-corrected chi connectivity index (χ0v) is 18.5. The number of anilines is 1. The zero-order chi connectivity index (χ0) is 23.8. The van der Waals surface area contributed by atoms with Crippen LogP contribution in [0.3, 0.4) is 0 Å². The number of carbonyl (C=O) groups excluding carboxylic acids is 3. The number of benzene rings is 2. The van der Waals surface area contributed by atoms with E-state index >= 15 is 0 Å². The Hall–Kier alpha value is -3.66. The Labute approximate surface area is 192 Å². The minimum absolute atomic E-state index is 0.0435. The predicted molar refractivity (Wildman–Crippen MR) is 120 cm³/mol. The summed E-state index contributed by atoms with van der Waals surface area (Å²) in [5, 5.41) is 7.97. The van der Waals surface area contributed by atoms with Crippen molar-refractivity contribution in [2.45, 2.75) is 19.8 Å². The van der Waals surface area contributed by atoms with Gasteiger partial charge in [-0.2, -0.15) is 0 Å². The maximum Gasteiger partial charge on any atom is 0.306 e. The van der Waals surface area contributed by atoms with Crippen LogP contribution in [0.1, 0.15) is 28.2 Å². The van der Waals surface area contributed by atoms with Gasteiger partial charge in [0.25, 0.3) is 11.8 Å². The first-order valence-corrected chi connectivity index (χ1v) is 10.9. The van der Waals surface area contributed by atoms with E-state index in [4.69, 9.17) is 4.74 Å². The molecule has 1 heterocycles. The van der Waals surface area contributed by atoms with Gasteiger partial charge >= 0.3 is 5.97 Å². The van der Waals surface area contributed by atoms with Crippen LogP contribution < -0.4 is 10.6 Å². The molecule has 0 saturated heterocycles. The number of nitrogens with one attached hydrogen (secondary N) is 2. The Morgan fingerprint density at radius 2 is 1.94 bits per heavy atom. The molecule has 2 N–H and O–H groups in total. The molecule has 0 saturated carbocycles. The summed E-state index contributed by atoms with van der Waals surface area (Å²) in [6.45, 7) is 1.54. The number of rotatable bonds is 9. The Morgan fingerprint density at radius 3 is 2.67 bits per heavy atom. The molecule has 3 aromatic rings. The molecule has 3 rings (SSSR count). The molecule has 1 aromatic heterocycles. The maximum atomic E-state index is 13.6. The van der Waals surface area contributed by atoms with Crippen LogP contribution in [0.2, 0.25) is 0 Å². The molecular weight excluding hydrogens is 452 g/mol. The number of nitrogens with zero attached hydrogens (tertiary/aromatic N) is 1. The molecule has 0 spiro atoms. The van der Waals surface area contributed by atoms with E-state index in [2.05, 4.69) is 15.6 Å². The van der Waals surface area contributed by atoms with Crippen LogP contribution in [0.5, 0.6) is 0 Å². The number of thiazole rings is 1. The third-order valence-corrected chi connectivity index (χ3v) is 5.22. The smallest absolute Gasteiger partial charge is 0.306 e. The fourth-order valence-corrected chi connectivity index (χ4v) is 3.49. The van der Waals surface area contributed by atoms with E-state index < -0.39 is 36.0 Å². The summed E-state index contributed by atoms with van der Waals surface area (Å²) in [6, 6.07) is 9.81. The first-order chi connectivity index (χ1) is 15.8. The third kappa shape index (κ3) is 7.18. The molecule has 0 fully saturated rings. The van der Waals surface area contributed by atoms with E-state index in [1.807, 2.05) is 18.4 Å². The molecule has 0 aliphatic heterocycles. The molecule has 172 valence electrons. The molecule has 0 bridgehead atoms. The van der Waals surface area contributed by atoms with Gasteiger partial charge in [-0.25, -0.2) is 13.8 Å². The number of amides is 2. The van der Waals surface area contributed by atoms with Gasteiger partial charge in [-0.1, -0.05) is 12.1 Å². The van der Waals surface area contributed by atoms with Gasteiger partial charge < -0.3 is 15.4 Å². The molecule has 2 aromatic carbocycles. The molecule has 7 nitrogen and oxygen atoms in total. The number of aryl methyl sites for hydroxylation is 1. The number of halogens is 2. The van der Waals surface area contributed by atoms with Crippen LogP contribution in [0, 0.1) is 18.6 Å². The molecule has 10 heteroatoms. The van der Waals surface area contributed by atoms with Crippen molar-refractivity contribution in [3.05, 3.63) is 70.1 Å². The second kappa shape index (κ2) is 11.3. The van der Waals surface area contributed by atoms with Gasteiger partial charge in [0.15, 0.2) is 6.61 Å². The molecule has 0 atom stereocenters. The topological polar surface area (TPSA) is 97.4 Å². The van der Waals surface area contributed by atoms with Crippen molar-refractivity contribution in [1.29, 1.82) is 0 Å². The Balaban J connectivity index is 1.37. The van der Waals surface area contributed by atoms with E-state index in [0.717, 1.165) is 28.4 Å². The summed E-state index contributed by atoms with van der Waals surface area (Å²) >= 11 is 1.53. The summed E-state index contributed by atoms with van der Waals surface area (Å²) in [5.41, 5.74) is 1.94. The van der Waals surface area contributed by atoms with E-state index in [9.17, 15) is 23.2 Å². The van der Waals surface area contributed by atoms with Crippen molar-refractivity contribution < 1.29 is 27.9 Å². The second-order valence-electron chi connectivity index (χ2n) is 7.03. The van der Waals surface area contributed by atoms with Gasteiger partial charge in [0.05, 0.1) is 16.3 Å². The number of hydrogen-bond donors (Lipinski definition) is 2. The highest BCUT2D eigenvalue weighted by molar-refractivity contribution is 7.09. The second-order valence-corrected chi connectivity index (χ2v) is 8.09. The number of carbonyl (C=O) groups is 3. The minimum Gasteiger partial charge on any atom is -0.456 e. The van der Waals surface area contributed by atoms with Crippen LogP contribution in [0.15, 0.2) is 47.8 Å². The average Bonchev–Trinajstić information content (AvgIpc) is 3.22. The summed E-state index contributed by atoms with van der Waals surface area (Å²) in [6.07, 6.45) is 0.183. The minimum atomic E-state index is -0.967. The summed E-state index contributed by atoms with van der Waals surface area (Å²) < 4.78 is 31.4. The van der Waals surface area contributed by atoms with E-state index in [-0.39, 0.29) is 24.9 Å². The van der Waals surface area contributed by atoms with Gasteiger partial charge in [-0.3, -0.25) is 14.4 Å². The average molecular weight is 474 g/mol. The fraction of sp³-hybridized carbons (Fsp3) is 0.217. The van der Waals surface area contributed by atoms with Crippen molar-refractivity contribution >= 4 is 34.8 Å². The first-order valence-electron chi connectivity index (χ1n) is 10.0. The molecular formula is C23H21F2N3O4S. The van der Waals surface area contributed by atoms with Crippen LogP contribution in [-0.2, 0) is 14.3 Å². The van der Waals surface area contributed by atoms with Crippen molar-refractivity contribution in [3.8, 4) is 11.3 Å². The Kier molecular flexibility index (Phi) is 8.20. The first kappa shape index (κ1) is 24.0. The number of ether oxygens (including phenoxy) is 1. The fourth-order valence-electron chi connectivity index (χ4n) is 2.87. The van der Waals surface area contributed by atoms with Crippen molar-refractivity contribution in [1.82, 2.24) is 10.3 Å². The number of hydrogen-bond acceptors (Lipinski definition) is 6. The highest BCUT2D eigenvalue weighted by atomic mass is 32.1. The van der Waals surface area contributed by atoms with Gasteiger partial charge in [0, 0.05) is 35.7 Å². The zero-order valence-electron chi connectivity index (χ0n) is 17.7. The highest BCUT2D eigenvalue weighted by Crippen LogP contribution is 2.24. The van der Waals surface area contributed by atoms with Crippen LogP contribution >= 0.6 is 11.3 Å². The van der Waals surface area contributed by atoms with Gasteiger partial charge in [0.2, 0.25) is 0 Å². The highest BCUT2D eigenvalue weighted by Gasteiger charge is 2.13. The quantitative estimate of drug-likeness (QED) is 0.360. The monoisotopic (exact) mass is 473 g/mol. The lowest BCUT2D eigenvalue weighted by Crippen LogP contribution is -2.26. The van der Waals surface area contributed by atoms with E-state index in [1.54, 1.807) is 18.2 Å². The van der Waals surface area contributed by atoms with Crippen LogP contribution in [0.4, 0.5) is 14.5 Å². The lowest BCUT2D eigenvalue weighted by Gasteiger charge is -2.08. The number of aromatic nitrogens is 1. The van der Waals surface area contributed by atoms with E-state index in [0.29, 0.717) is 11.8 Å². The van der Waals surface area contributed by atoms with E-state index in [1.165, 1.54) is 11.3 Å². The van der Waals surface area contributed by atoms with Crippen LogP contribution in [0.25, 0.3) is 11.3 Å². The lowest BCUT2D eigenvalue weighted by atomic mass is 10.1. The normalized spacial score (nSPS) is 10.5. The van der Waals surface area contributed by atoms with Gasteiger partial charge in [-0.05, 0) is 37.6 Å². The lowest BCUT2D eigenvalue weighted by molar-refractivity contribution is -0.147. The molecule has 0 aliphatic rings. The maximum absolute atomic E-state index is 13.6.